The van der Waals surface area contributed by atoms with Crippen molar-refractivity contribution >= 4 is 23.5 Å². The maximum absolute atomic E-state index is 4.99. The van der Waals surface area contributed by atoms with E-state index in [1.807, 2.05) is 44.2 Å². The molecule has 0 aliphatic heterocycles. The number of hydrogen-bond acceptors (Lipinski definition) is 3. The van der Waals surface area contributed by atoms with Gasteiger partial charge in [-0.3, -0.25) is 10.9 Å². The van der Waals surface area contributed by atoms with Crippen LogP contribution in [-0.2, 0) is 0 Å². The fourth-order valence-electron chi connectivity index (χ4n) is 0.942. The number of benzene rings is 1. The summed E-state index contributed by atoms with van der Waals surface area (Å²) in [7, 11) is 0. The molecule has 5 heteroatoms. The third-order valence-corrected chi connectivity index (χ3v) is 1.85. The van der Waals surface area contributed by atoms with Crippen LogP contribution in [0.4, 0.5) is 0 Å². The van der Waals surface area contributed by atoms with Gasteiger partial charge >= 0.3 is 0 Å². The van der Waals surface area contributed by atoms with E-state index in [0.717, 1.165) is 5.56 Å². The Labute approximate surface area is 101 Å². The second kappa shape index (κ2) is 6.92. The molecule has 3 N–H and O–H groups in total. The molecule has 1 rings (SSSR count). The molecule has 0 bridgehead atoms. The molecule has 0 atom stereocenters. The first kappa shape index (κ1) is 12.6. The molecule has 0 aliphatic carbocycles. The topological polar surface area (TPSA) is 48.4 Å². The second-order valence-corrected chi connectivity index (χ2v) is 3.94. The average Bonchev–Trinajstić information content (AvgIpc) is 2.28. The van der Waals surface area contributed by atoms with Crippen LogP contribution in [0.5, 0.6) is 0 Å². The lowest BCUT2D eigenvalue weighted by Gasteiger charge is -2.10. The van der Waals surface area contributed by atoms with Gasteiger partial charge in [0, 0.05) is 6.04 Å². The molecule has 0 aromatic heterocycles. The molecule has 0 aliphatic rings. The van der Waals surface area contributed by atoms with Crippen LogP contribution in [0.3, 0.4) is 0 Å². The van der Waals surface area contributed by atoms with Crippen LogP contribution in [0, 0.1) is 0 Å². The molecule has 0 radical (unpaired) electrons. The van der Waals surface area contributed by atoms with Crippen molar-refractivity contribution < 1.29 is 0 Å². The lowest BCUT2D eigenvalue weighted by Crippen LogP contribution is -2.45. The molecule has 86 valence electrons. The van der Waals surface area contributed by atoms with Crippen molar-refractivity contribution in [3.05, 3.63) is 35.9 Å². The Bertz CT molecular complexity index is 348. The zero-order valence-corrected chi connectivity index (χ0v) is 10.2. The summed E-state index contributed by atoms with van der Waals surface area (Å²) in [6, 6.07) is 10.1. The van der Waals surface area contributed by atoms with E-state index in [2.05, 4.69) is 21.4 Å². The van der Waals surface area contributed by atoms with E-state index >= 15 is 0 Å². The molecule has 1 aromatic rings. The van der Waals surface area contributed by atoms with E-state index in [4.69, 9.17) is 12.2 Å². The number of thiocarbonyl (C=S) groups is 1. The summed E-state index contributed by atoms with van der Waals surface area (Å²) >= 11 is 4.99. The summed E-state index contributed by atoms with van der Waals surface area (Å²) in [4.78, 5) is 0. The Morgan fingerprint density at radius 2 is 2.00 bits per heavy atom. The molecular weight excluding hydrogens is 220 g/mol. The van der Waals surface area contributed by atoms with Crippen LogP contribution < -0.4 is 16.3 Å². The zero-order chi connectivity index (χ0) is 11.8. The van der Waals surface area contributed by atoms with Gasteiger partial charge in [-0.15, -0.1) is 0 Å². The number of nitrogens with zero attached hydrogens (tertiary/aromatic N) is 1. The van der Waals surface area contributed by atoms with Crippen molar-refractivity contribution in [2.45, 2.75) is 19.9 Å². The number of rotatable bonds is 4. The van der Waals surface area contributed by atoms with Crippen molar-refractivity contribution in [2.75, 3.05) is 0 Å². The number of hydrazone groups is 1. The van der Waals surface area contributed by atoms with Gasteiger partial charge in [0.1, 0.15) is 0 Å². The van der Waals surface area contributed by atoms with E-state index in [9.17, 15) is 0 Å². The van der Waals surface area contributed by atoms with Crippen LogP contribution in [-0.4, -0.2) is 17.4 Å². The quantitative estimate of drug-likeness (QED) is 0.420. The Kier molecular flexibility index (Phi) is 5.45. The van der Waals surface area contributed by atoms with Crippen molar-refractivity contribution in [3.63, 3.8) is 0 Å². The minimum absolute atomic E-state index is 0.317. The molecule has 1 aromatic carbocycles. The maximum atomic E-state index is 4.99. The Morgan fingerprint density at radius 1 is 1.31 bits per heavy atom. The summed E-state index contributed by atoms with van der Waals surface area (Å²) in [5.74, 6) is 0. The molecule has 0 fully saturated rings. The first-order valence-corrected chi connectivity index (χ1v) is 5.49. The SMILES string of the molecule is CC(C)NNC(=S)N/N=C\c1ccccc1. The average molecular weight is 236 g/mol. The third kappa shape index (κ3) is 5.43. The highest BCUT2D eigenvalue weighted by Gasteiger charge is 1.93. The molecule has 4 nitrogen and oxygen atoms in total. The minimum Gasteiger partial charge on any atom is -0.297 e. The summed E-state index contributed by atoms with van der Waals surface area (Å²) < 4.78 is 0. The van der Waals surface area contributed by atoms with E-state index < -0.39 is 0 Å². The van der Waals surface area contributed by atoms with Crippen LogP contribution >= 0.6 is 12.2 Å². The van der Waals surface area contributed by atoms with Gasteiger partial charge < -0.3 is 0 Å². The Balaban J connectivity index is 2.29. The molecule has 0 saturated carbocycles. The smallest absolute Gasteiger partial charge is 0.201 e. The molecular formula is C11H16N4S. The highest BCUT2D eigenvalue weighted by molar-refractivity contribution is 7.80. The standard InChI is InChI=1S/C11H16N4S/c1-9(2)13-15-11(16)14-12-8-10-6-4-3-5-7-10/h3-9,13H,1-2H3,(H2,14,15,16)/b12-8-. The fourth-order valence-corrected chi connectivity index (χ4v) is 1.05. The molecule has 16 heavy (non-hydrogen) atoms. The van der Waals surface area contributed by atoms with Gasteiger partial charge in [-0.25, -0.2) is 5.43 Å². The summed E-state index contributed by atoms with van der Waals surface area (Å²) in [5.41, 5.74) is 9.53. The predicted molar refractivity (Wildman–Crippen MR) is 71.2 cm³/mol. The largest absolute Gasteiger partial charge is 0.297 e. The van der Waals surface area contributed by atoms with Crippen molar-refractivity contribution in [1.29, 1.82) is 0 Å². The number of nitrogens with one attached hydrogen (secondary N) is 3. The van der Waals surface area contributed by atoms with Crippen LogP contribution in [0.1, 0.15) is 19.4 Å². The Morgan fingerprint density at radius 3 is 2.62 bits per heavy atom. The summed E-state index contributed by atoms with van der Waals surface area (Å²) in [6.07, 6.45) is 1.71. The molecule has 0 heterocycles. The third-order valence-electron chi connectivity index (χ3n) is 1.65. The van der Waals surface area contributed by atoms with Crippen LogP contribution in [0.2, 0.25) is 0 Å². The highest BCUT2D eigenvalue weighted by atomic mass is 32.1. The first-order valence-electron chi connectivity index (χ1n) is 5.08. The fraction of sp³-hybridized carbons (Fsp3) is 0.273. The van der Waals surface area contributed by atoms with Gasteiger partial charge in [0.25, 0.3) is 0 Å². The highest BCUT2D eigenvalue weighted by Crippen LogP contribution is 1.92. The van der Waals surface area contributed by atoms with E-state index in [0.29, 0.717) is 11.2 Å². The Hall–Kier alpha value is -1.46. The number of hydrazine groups is 1. The van der Waals surface area contributed by atoms with Crippen LogP contribution in [0.25, 0.3) is 0 Å². The molecule has 0 spiro atoms. The predicted octanol–water partition coefficient (Wildman–Crippen LogP) is 1.40. The molecule has 0 unspecified atom stereocenters. The van der Waals surface area contributed by atoms with Gasteiger partial charge in [-0.2, -0.15) is 5.10 Å². The normalized spacial score (nSPS) is 10.7. The summed E-state index contributed by atoms with van der Waals surface area (Å²) in [6.45, 7) is 4.03. The number of hydrogen-bond donors (Lipinski definition) is 3. The maximum Gasteiger partial charge on any atom is 0.201 e. The van der Waals surface area contributed by atoms with E-state index in [-0.39, 0.29) is 0 Å². The van der Waals surface area contributed by atoms with Gasteiger partial charge in [-0.05, 0) is 31.6 Å². The minimum atomic E-state index is 0.317. The monoisotopic (exact) mass is 236 g/mol. The lowest BCUT2D eigenvalue weighted by molar-refractivity contribution is 0.554. The van der Waals surface area contributed by atoms with Gasteiger partial charge in [0.15, 0.2) is 0 Å². The summed E-state index contributed by atoms with van der Waals surface area (Å²) in [5, 5.41) is 4.45. The van der Waals surface area contributed by atoms with Crippen molar-refractivity contribution in [1.82, 2.24) is 16.3 Å². The van der Waals surface area contributed by atoms with E-state index in [1.54, 1.807) is 6.21 Å². The van der Waals surface area contributed by atoms with E-state index in [1.165, 1.54) is 0 Å². The first-order chi connectivity index (χ1) is 7.68. The van der Waals surface area contributed by atoms with Gasteiger partial charge in [0.05, 0.1) is 6.21 Å². The van der Waals surface area contributed by atoms with Crippen LogP contribution in [0.15, 0.2) is 35.4 Å². The van der Waals surface area contributed by atoms with Crippen molar-refractivity contribution in [2.24, 2.45) is 5.10 Å². The van der Waals surface area contributed by atoms with Crippen molar-refractivity contribution in [3.8, 4) is 0 Å². The van der Waals surface area contributed by atoms with Gasteiger partial charge in [-0.1, -0.05) is 30.3 Å². The second-order valence-electron chi connectivity index (χ2n) is 3.53. The van der Waals surface area contributed by atoms with Gasteiger partial charge in [0.2, 0.25) is 5.11 Å². The molecule has 0 amide bonds. The zero-order valence-electron chi connectivity index (χ0n) is 9.40. The molecule has 0 saturated heterocycles. The lowest BCUT2D eigenvalue weighted by atomic mass is 10.2.